The molecule has 0 bridgehead atoms. The van der Waals surface area contributed by atoms with Crippen LogP contribution in [0.15, 0.2) is 59.5 Å². The molecule has 3 aliphatic heterocycles. The zero-order valence-corrected chi connectivity index (χ0v) is 22.6. The first-order chi connectivity index (χ1) is 18.2. The summed E-state index contributed by atoms with van der Waals surface area (Å²) < 4.78 is 59.3. The number of benzene rings is 2. The Hall–Kier alpha value is -2.78. The number of anilines is 1. The highest BCUT2D eigenvalue weighted by Crippen LogP contribution is 2.44. The predicted octanol–water partition coefficient (Wildman–Crippen LogP) is 5.09. The zero-order valence-electron chi connectivity index (χ0n) is 21.8. The van der Waals surface area contributed by atoms with Crippen LogP contribution in [-0.4, -0.2) is 68.8 Å². The van der Waals surface area contributed by atoms with Crippen molar-refractivity contribution in [1.29, 1.82) is 0 Å². The lowest BCUT2D eigenvalue weighted by atomic mass is 9.96. The first kappa shape index (κ1) is 26.8. The highest BCUT2D eigenvalue weighted by Gasteiger charge is 2.43. The molecule has 0 saturated carbocycles. The third kappa shape index (κ3) is 5.36. The number of fused-ring (bicyclic) bond motifs is 1. The van der Waals surface area contributed by atoms with Crippen molar-refractivity contribution in [3.05, 3.63) is 65.7 Å². The van der Waals surface area contributed by atoms with Gasteiger partial charge in [0.1, 0.15) is 0 Å². The third-order valence-electron chi connectivity index (χ3n) is 8.05. The SMILES string of the molecule is Cc1ccc(S(=O)(=O)N2CCC(F)(F)/C(=C\C(=O)N3CCC(N4CCCCC4)CC3)c3ccccc32)cc1. The molecule has 1 amide bonds. The lowest BCUT2D eigenvalue weighted by molar-refractivity contribution is -0.127. The van der Waals surface area contributed by atoms with Crippen LogP contribution in [0.2, 0.25) is 0 Å². The van der Waals surface area contributed by atoms with Gasteiger partial charge in [-0.3, -0.25) is 9.10 Å². The van der Waals surface area contributed by atoms with Crippen molar-refractivity contribution in [2.75, 3.05) is 37.0 Å². The van der Waals surface area contributed by atoms with Crippen LogP contribution in [0.1, 0.15) is 49.7 Å². The van der Waals surface area contributed by atoms with E-state index in [1.54, 1.807) is 29.2 Å². The van der Waals surface area contributed by atoms with Crippen molar-refractivity contribution < 1.29 is 22.0 Å². The van der Waals surface area contributed by atoms with Crippen LogP contribution in [-0.2, 0) is 14.8 Å². The minimum absolute atomic E-state index is 0.0429. The Kier molecular flexibility index (Phi) is 7.60. The molecule has 2 aromatic carbocycles. The number of allylic oxidation sites excluding steroid dienone is 1. The van der Waals surface area contributed by atoms with E-state index in [1.165, 1.54) is 43.5 Å². The third-order valence-corrected chi connectivity index (χ3v) is 9.87. The highest BCUT2D eigenvalue weighted by molar-refractivity contribution is 7.92. The number of halogens is 2. The molecular weight excluding hydrogens is 508 g/mol. The van der Waals surface area contributed by atoms with Gasteiger partial charge < -0.3 is 9.80 Å². The molecule has 2 fully saturated rings. The number of hydrogen-bond donors (Lipinski definition) is 0. The van der Waals surface area contributed by atoms with Gasteiger partial charge in [0, 0.05) is 49.3 Å². The van der Waals surface area contributed by atoms with E-state index in [9.17, 15) is 13.2 Å². The summed E-state index contributed by atoms with van der Waals surface area (Å²) in [5.41, 5.74) is 0.712. The van der Waals surface area contributed by atoms with Gasteiger partial charge in [-0.25, -0.2) is 17.2 Å². The molecule has 204 valence electrons. The van der Waals surface area contributed by atoms with Gasteiger partial charge in [0.05, 0.1) is 10.6 Å². The molecule has 9 heteroatoms. The van der Waals surface area contributed by atoms with Gasteiger partial charge in [0.15, 0.2) is 0 Å². The molecule has 6 nitrogen and oxygen atoms in total. The number of amides is 1. The highest BCUT2D eigenvalue weighted by atomic mass is 32.2. The van der Waals surface area contributed by atoms with Gasteiger partial charge in [0.25, 0.3) is 15.9 Å². The van der Waals surface area contributed by atoms with Crippen LogP contribution in [0.4, 0.5) is 14.5 Å². The molecule has 3 aliphatic rings. The molecule has 0 spiro atoms. The number of likely N-dealkylation sites (tertiary alicyclic amines) is 2. The van der Waals surface area contributed by atoms with Gasteiger partial charge in [-0.15, -0.1) is 0 Å². The number of hydrogen-bond acceptors (Lipinski definition) is 4. The molecule has 0 atom stereocenters. The zero-order chi connectivity index (χ0) is 26.9. The molecule has 3 heterocycles. The van der Waals surface area contributed by atoms with Crippen LogP contribution in [0.5, 0.6) is 0 Å². The van der Waals surface area contributed by atoms with Crippen LogP contribution >= 0.6 is 0 Å². The van der Waals surface area contributed by atoms with Gasteiger partial charge in [-0.2, -0.15) is 0 Å². The largest absolute Gasteiger partial charge is 0.339 e. The second-order valence-electron chi connectivity index (χ2n) is 10.6. The molecule has 0 radical (unpaired) electrons. The van der Waals surface area contributed by atoms with Gasteiger partial charge in [-0.05, 0) is 63.9 Å². The number of sulfonamides is 1. The second-order valence-corrected chi connectivity index (χ2v) is 12.4. The van der Waals surface area contributed by atoms with E-state index in [2.05, 4.69) is 4.90 Å². The van der Waals surface area contributed by atoms with E-state index in [0.717, 1.165) is 41.9 Å². The summed E-state index contributed by atoms with van der Waals surface area (Å²) in [6, 6.07) is 13.0. The maximum absolute atomic E-state index is 15.6. The van der Waals surface area contributed by atoms with Gasteiger partial charge >= 0.3 is 0 Å². The van der Waals surface area contributed by atoms with Crippen LogP contribution in [0.25, 0.3) is 5.57 Å². The number of alkyl halides is 2. The summed E-state index contributed by atoms with van der Waals surface area (Å²) in [5, 5.41) is 0. The topological polar surface area (TPSA) is 60.9 Å². The Balaban J connectivity index is 1.42. The number of rotatable bonds is 4. The van der Waals surface area contributed by atoms with Crippen LogP contribution in [0.3, 0.4) is 0 Å². The molecule has 2 saturated heterocycles. The van der Waals surface area contributed by atoms with E-state index < -0.39 is 40.4 Å². The number of aryl methyl sites for hydroxylation is 1. The number of piperidine rings is 2. The maximum Gasteiger partial charge on any atom is 0.275 e. The van der Waals surface area contributed by atoms with Crippen LogP contribution < -0.4 is 4.31 Å². The van der Waals surface area contributed by atoms with Crippen molar-refractivity contribution in [1.82, 2.24) is 9.80 Å². The molecule has 38 heavy (non-hydrogen) atoms. The fourth-order valence-corrected chi connectivity index (χ4v) is 7.32. The fourth-order valence-electron chi connectivity index (χ4n) is 5.83. The Morgan fingerprint density at radius 2 is 1.58 bits per heavy atom. The Morgan fingerprint density at radius 1 is 0.921 bits per heavy atom. The van der Waals surface area contributed by atoms with E-state index in [-0.39, 0.29) is 16.1 Å². The molecular formula is C29H35F2N3O3S. The molecule has 0 aromatic heterocycles. The second kappa shape index (κ2) is 10.8. The number of para-hydroxylation sites is 1. The van der Waals surface area contributed by atoms with E-state index in [0.29, 0.717) is 19.1 Å². The summed E-state index contributed by atoms with van der Waals surface area (Å²) in [6.45, 7) is 4.70. The minimum Gasteiger partial charge on any atom is -0.339 e. The lowest BCUT2D eigenvalue weighted by Crippen LogP contribution is -2.48. The number of carbonyl (C=O) groups excluding carboxylic acids is 1. The van der Waals surface area contributed by atoms with Gasteiger partial charge in [-0.1, -0.05) is 42.3 Å². The maximum atomic E-state index is 15.6. The Bertz CT molecular complexity index is 1300. The average Bonchev–Trinajstić information content (AvgIpc) is 3.03. The first-order valence-corrected chi connectivity index (χ1v) is 14.9. The smallest absolute Gasteiger partial charge is 0.275 e. The summed E-state index contributed by atoms with van der Waals surface area (Å²) in [4.78, 5) is 17.5. The summed E-state index contributed by atoms with van der Waals surface area (Å²) in [7, 11) is -4.08. The minimum atomic E-state index is -4.08. The average molecular weight is 544 g/mol. The van der Waals surface area contributed by atoms with E-state index in [1.807, 2.05) is 6.92 Å². The van der Waals surface area contributed by atoms with Gasteiger partial charge in [0.2, 0.25) is 5.91 Å². The normalized spacial score (nSPS) is 22.2. The lowest BCUT2D eigenvalue weighted by Gasteiger charge is -2.40. The fraction of sp³-hybridized carbons (Fsp3) is 0.483. The van der Waals surface area contributed by atoms with E-state index >= 15 is 8.78 Å². The molecule has 0 N–H and O–H groups in total. The Morgan fingerprint density at radius 3 is 2.26 bits per heavy atom. The van der Waals surface area contributed by atoms with Crippen molar-refractivity contribution in [3.63, 3.8) is 0 Å². The standard InChI is InChI=1S/C29H35F2N3O3S/c1-22-9-11-24(12-10-22)38(36,37)34-20-15-29(30,31)26(25-7-3-4-8-27(25)34)21-28(35)33-18-13-23(14-19-33)32-16-5-2-6-17-32/h3-4,7-12,21,23H,2,5-6,13-20H2,1H3/b26-21-. The van der Waals surface area contributed by atoms with Crippen molar-refractivity contribution in [2.45, 2.75) is 62.3 Å². The van der Waals surface area contributed by atoms with Crippen molar-refractivity contribution >= 4 is 27.2 Å². The van der Waals surface area contributed by atoms with Crippen molar-refractivity contribution in [3.8, 4) is 0 Å². The summed E-state index contributed by atoms with van der Waals surface area (Å²) in [5.74, 6) is -3.81. The van der Waals surface area contributed by atoms with Crippen LogP contribution in [0, 0.1) is 6.92 Å². The first-order valence-electron chi connectivity index (χ1n) is 13.5. The van der Waals surface area contributed by atoms with E-state index in [4.69, 9.17) is 0 Å². The molecule has 0 unspecified atom stereocenters. The quantitative estimate of drug-likeness (QED) is 0.504. The molecule has 2 aromatic rings. The molecule has 5 rings (SSSR count). The predicted molar refractivity (Wildman–Crippen MR) is 145 cm³/mol. The Labute approximate surface area is 224 Å². The number of nitrogens with zero attached hydrogens (tertiary/aromatic N) is 3. The number of carbonyl (C=O) groups is 1. The monoisotopic (exact) mass is 543 g/mol. The summed E-state index contributed by atoms with van der Waals surface area (Å²) in [6.07, 6.45) is 5.67. The molecule has 0 aliphatic carbocycles. The van der Waals surface area contributed by atoms with Crippen molar-refractivity contribution in [2.24, 2.45) is 0 Å². The summed E-state index contributed by atoms with van der Waals surface area (Å²) >= 11 is 0.